The van der Waals surface area contributed by atoms with Crippen molar-refractivity contribution in [3.05, 3.63) is 11.1 Å². The summed E-state index contributed by atoms with van der Waals surface area (Å²) in [5.41, 5.74) is -0.420. The monoisotopic (exact) mass is 378 g/mol. The molecule has 0 aliphatic carbocycles. The molecule has 1 fully saturated rings. The van der Waals surface area contributed by atoms with Crippen LogP contribution < -0.4 is 0 Å². The Morgan fingerprint density at radius 2 is 2.27 bits per heavy atom. The fourth-order valence-electron chi connectivity index (χ4n) is 1.57. The Hall–Kier alpha value is 1.24. The van der Waals surface area contributed by atoms with Crippen molar-refractivity contribution < 1.29 is 4.74 Å². The Morgan fingerprint density at radius 3 is 2.73 bits per heavy atom. The molecule has 1 saturated heterocycles. The van der Waals surface area contributed by atoms with Gasteiger partial charge in [0.1, 0.15) is 5.60 Å². The molecule has 5 heteroatoms. The van der Waals surface area contributed by atoms with E-state index in [9.17, 15) is 0 Å². The highest BCUT2D eigenvalue weighted by Crippen LogP contribution is 2.43. The first-order valence-electron chi connectivity index (χ1n) is 4.70. The molecule has 1 heterocycles. The minimum Gasteiger partial charge on any atom is -0.365 e. The standard InChI is InChI=1S/C10H14Br2Cl2O/c1-9(12,6-13)8-5-7(14)10(2,15-8)3-4-11/h3-4,7-8H,5-6H2,1-2H3. The molecule has 1 nitrogen and oxygen atoms in total. The SMILES string of the molecule is CC(Br)(CCl)C1CC(Cl)C(C)(C=CBr)O1. The lowest BCUT2D eigenvalue weighted by atomic mass is 9.99. The third-order valence-electron chi connectivity index (χ3n) is 2.77. The van der Waals surface area contributed by atoms with Crippen LogP contribution in [0, 0.1) is 0 Å². The van der Waals surface area contributed by atoms with E-state index in [0.717, 1.165) is 6.42 Å². The first-order valence-corrected chi connectivity index (χ1v) is 7.38. The van der Waals surface area contributed by atoms with E-state index in [-0.39, 0.29) is 15.8 Å². The molecule has 1 aliphatic rings. The van der Waals surface area contributed by atoms with Gasteiger partial charge >= 0.3 is 0 Å². The van der Waals surface area contributed by atoms with Gasteiger partial charge in [-0.05, 0) is 31.3 Å². The minimum absolute atomic E-state index is 0.0311. The number of hydrogen-bond acceptors (Lipinski definition) is 1. The molecular formula is C10H14Br2Cl2O. The minimum atomic E-state index is -0.420. The predicted molar refractivity (Wildman–Crippen MR) is 73.7 cm³/mol. The second-order valence-electron chi connectivity index (χ2n) is 4.20. The van der Waals surface area contributed by atoms with Gasteiger partial charge in [0, 0.05) is 5.88 Å². The van der Waals surface area contributed by atoms with Crippen LogP contribution >= 0.6 is 55.1 Å². The Labute approximate surface area is 118 Å². The fraction of sp³-hybridized carbons (Fsp3) is 0.800. The molecule has 0 spiro atoms. The van der Waals surface area contributed by atoms with Crippen molar-refractivity contribution in [2.45, 2.75) is 41.7 Å². The second-order valence-corrected chi connectivity index (χ2v) is 7.33. The van der Waals surface area contributed by atoms with Gasteiger partial charge in [-0.25, -0.2) is 0 Å². The van der Waals surface area contributed by atoms with E-state index in [1.165, 1.54) is 0 Å². The quantitative estimate of drug-likeness (QED) is 0.657. The maximum Gasteiger partial charge on any atom is 0.101 e. The zero-order valence-electron chi connectivity index (χ0n) is 8.64. The summed E-state index contributed by atoms with van der Waals surface area (Å²) in [6.07, 6.45) is 2.76. The molecule has 0 aromatic rings. The lowest BCUT2D eigenvalue weighted by molar-refractivity contribution is -0.00546. The van der Waals surface area contributed by atoms with Gasteiger partial charge < -0.3 is 4.74 Å². The molecule has 4 atom stereocenters. The maximum absolute atomic E-state index is 6.29. The molecule has 15 heavy (non-hydrogen) atoms. The zero-order valence-corrected chi connectivity index (χ0v) is 13.3. The molecule has 0 aromatic heterocycles. The van der Waals surface area contributed by atoms with E-state index in [2.05, 4.69) is 31.9 Å². The summed E-state index contributed by atoms with van der Waals surface area (Å²) < 4.78 is 5.75. The second kappa shape index (κ2) is 5.26. The molecule has 0 radical (unpaired) electrons. The maximum atomic E-state index is 6.29. The highest BCUT2D eigenvalue weighted by atomic mass is 79.9. The lowest BCUT2D eigenvalue weighted by Crippen LogP contribution is -2.37. The summed E-state index contributed by atoms with van der Waals surface area (Å²) in [4.78, 5) is 1.79. The fourth-order valence-corrected chi connectivity index (χ4v) is 2.84. The van der Waals surface area contributed by atoms with Crippen LogP contribution in [-0.4, -0.2) is 27.3 Å². The lowest BCUT2D eigenvalue weighted by Gasteiger charge is -2.29. The van der Waals surface area contributed by atoms with E-state index in [4.69, 9.17) is 27.9 Å². The molecule has 88 valence electrons. The zero-order chi connectivity index (χ0) is 11.7. The normalized spacial score (nSPS) is 40.9. The topological polar surface area (TPSA) is 9.23 Å². The first-order chi connectivity index (χ1) is 6.85. The van der Waals surface area contributed by atoms with Gasteiger partial charge in [-0.15, -0.1) is 23.2 Å². The molecule has 4 unspecified atom stereocenters. The van der Waals surface area contributed by atoms with Crippen LogP contribution in [0.3, 0.4) is 0 Å². The van der Waals surface area contributed by atoms with Crippen LogP contribution in [0.2, 0.25) is 0 Å². The summed E-state index contributed by atoms with van der Waals surface area (Å²) in [5.74, 6) is 0.495. The highest BCUT2D eigenvalue weighted by molar-refractivity contribution is 9.11. The van der Waals surface area contributed by atoms with Crippen molar-refractivity contribution in [2.24, 2.45) is 0 Å². The Balaban J connectivity index is 2.80. The molecule has 1 aliphatic heterocycles. The average molecular weight is 381 g/mol. The van der Waals surface area contributed by atoms with Crippen LogP contribution in [-0.2, 0) is 4.74 Å². The van der Waals surface area contributed by atoms with Crippen molar-refractivity contribution in [3.8, 4) is 0 Å². The summed E-state index contributed by atoms with van der Waals surface area (Å²) >= 11 is 19.0. The Morgan fingerprint density at radius 1 is 1.67 bits per heavy atom. The van der Waals surface area contributed by atoms with E-state index in [1.54, 1.807) is 4.99 Å². The van der Waals surface area contributed by atoms with Crippen LogP contribution in [0.4, 0.5) is 0 Å². The number of rotatable bonds is 3. The van der Waals surface area contributed by atoms with Crippen LogP contribution in [0.25, 0.3) is 0 Å². The van der Waals surface area contributed by atoms with Gasteiger partial charge in [-0.1, -0.05) is 31.9 Å². The summed E-state index contributed by atoms with van der Waals surface area (Å²) in [5, 5.41) is -0.0311. The van der Waals surface area contributed by atoms with Crippen LogP contribution in [0.15, 0.2) is 11.1 Å². The molecule has 1 rings (SSSR count). The molecule has 0 N–H and O–H groups in total. The van der Waals surface area contributed by atoms with Gasteiger partial charge in [-0.3, -0.25) is 0 Å². The number of ether oxygens (including phenoxy) is 1. The number of alkyl halides is 3. The van der Waals surface area contributed by atoms with Crippen molar-refractivity contribution in [1.82, 2.24) is 0 Å². The predicted octanol–water partition coefficient (Wildman–Crippen LogP) is 4.44. The van der Waals surface area contributed by atoms with Crippen molar-refractivity contribution in [2.75, 3.05) is 5.88 Å². The third-order valence-corrected chi connectivity index (χ3v) is 5.31. The van der Waals surface area contributed by atoms with E-state index in [1.807, 2.05) is 19.9 Å². The van der Waals surface area contributed by atoms with Gasteiger partial charge in [-0.2, -0.15) is 0 Å². The van der Waals surface area contributed by atoms with Gasteiger partial charge in [0.2, 0.25) is 0 Å². The first kappa shape index (κ1) is 14.3. The molecule has 0 aromatic carbocycles. The Bertz CT molecular complexity index is 258. The van der Waals surface area contributed by atoms with Crippen molar-refractivity contribution in [1.29, 1.82) is 0 Å². The molecule has 0 saturated carbocycles. The summed E-state index contributed by atoms with van der Waals surface area (Å²) in [7, 11) is 0. The largest absolute Gasteiger partial charge is 0.365 e. The molecule has 0 bridgehead atoms. The highest BCUT2D eigenvalue weighted by Gasteiger charge is 2.48. The van der Waals surface area contributed by atoms with Gasteiger partial charge in [0.05, 0.1) is 15.8 Å². The van der Waals surface area contributed by atoms with E-state index < -0.39 is 5.60 Å². The van der Waals surface area contributed by atoms with Crippen LogP contribution in [0.1, 0.15) is 20.3 Å². The van der Waals surface area contributed by atoms with E-state index in [0.29, 0.717) is 5.88 Å². The number of halogens is 4. The van der Waals surface area contributed by atoms with Gasteiger partial charge in [0.15, 0.2) is 0 Å². The average Bonchev–Trinajstić information content (AvgIpc) is 2.45. The van der Waals surface area contributed by atoms with Gasteiger partial charge in [0.25, 0.3) is 0 Å². The molecule has 0 amide bonds. The van der Waals surface area contributed by atoms with Crippen molar-refractivity contribution in [3.63, 3.8) is 0 Å². The van der Waals surface area contributed by atoms with Crippen molar-refractivity contribution >= 4 is 55.1 Å². The smallest absolute Gasteiger partial charge is 0.101 e. The molecular weight excluding hydrogens is 367 g/mol. The van der Waals surface area contributed by atoms with Crippen LogP contribution in [0.5, 0.6) is 0 Å². The van der Waals surface area contributed by atoms with E-state index >= 15 is 0 Å². The number of hydrogen-bond donors (Lipinski definition) is 0. The summed E-state index contributed by atoms with van der Waals surface area (Å²) in [6, 6.07) is 0. The Kier molecular flexibility index (Phi) is 5.01. The third kappa shape index (κ3) is 3.12. The summed E-state index contributed by atoms with van der Waals surface area (Å²) in [6.45, 7) is 4.01.